The highest BCUT2D eigenvalue weighted by atomic mass is 16.1. The Labute approximate surface area is 135 Å². The van der Waals surface area contributed by atoms with Crippen LogP contribution in [0, 0.1) is 0 Å². The van der Waals surface area contributed by atoms with Crippen molar-refractivity contribution in [1.82, 2.24) is 9.88 Å². The first kappa shape index (κ1) is 13.8. The normalized spacial score (nSPS) is 13.7. The molecule has 2 aromatic carbocycles. The maximum absolute atomic E-state index is 12.4. The van der Waals surface area contributed by atoms with Crippen molar-refractivity contribution in [1.29, 1.82) is 0 Å². The smallest absolute Gasteiger partial charge is 0.251 e. The van der Waals surface area contributed by atoms with Gasteiger partial charge < -0.3 is 9.88 Å². The number of fused-ring (bicyclic) bond motifs is 1. The van der Waals surface area contributed by atoms with E-state index in [1.165, 1.54) is 11.1 Å². The van der Waals surface area contributed by atoms with Gasteiger partial charge in [0.2, 0.25) is 0 Å². The number of carbonyl (C=O) groups is 1. The van der Waals surface area contributed by atoms with E-state index in [1.54, 1.807) is 0 Å². The third kappa shape index (κ3) is 2.78. The number of hydrogen-bond donors (Lipinski definition) is 1. The predicted molar refractivity (Wildman–Crippen MR) is 90.9 cm³/mol. The first-order valence-corrected chi connectivity index (χ1v) is 7.91. The maximum Gasteiger partial charge on any atom is 0.251 e. The molecule has 0 saturated carbocycles. The predicted octanol–water partition coefficient (Wildman–Crippen LogP) is 3.37. The van der Waals surface area contributed by atoms with E-state index in [2.05, 4.69) is 29.6 Å². The topological polar surface area (TPSA) is 34.0 Å². The van der Waals surface area contributed by atoms with Gasteiger partial charge in [-0.15, -0.1) is 0 Å². The molecule has 1 aromatic heterocycles. The van der Waals surface area contributed by atoms with Gasteiger partial charge in [-0.25, -0.2) is 0 Å². The second kappa shape index (κ2) is 5.76. The Morgan fingerprint density at radius 3 is 2.09 bits per heavy atom. The number of carbonyl (C=O) groups excluding carboxylic acids is 1. The fourth-order valence-corrected chi connectivity index (χ4v) is 3.22. The van der Waals surface area contributed by atoms with Gasteiger partial charge >= 0.3 is 0 Å². The minimum absolute atomic E-state index is 0.00172. The first-order valence-electron chi connectivity index (χ1n) is 7.91. The van der Waals surface area contributed by atoms with Crippen LogP contribution in [0.3, 0.4) is 0 Å². The number of aromatic nitrogens is 1. The van der Waals surface area contributed by atoms with E-state index in [0.717, 1.165) is 18.5 Å². The van der Waals surface area contributed by atoms with E-state index < -0.39 is 0 Å². The van der Waals surface area contributed by atoms with Crippen molar-refractivity contribution >= 4 is 5.91 Å². The Hall–Kier alpha value is -2.81. The van der Waals surface area contributed by atoms with Crippen LogP contribution in [0.1, 0.15) is 21.5 Å². The van der Waals surface area contributed by atoms with Crippen LogP contribution in [-0.2, 0) is 12.8 Å². The van der Waals surface area contributed by atoms with Crippen molar-refractivity contribution in [3.05, 3.63) is 89.7 Å². The second-order valence-corrected chi connectivity index (χ2v) is 5.98. The van der Waals surface area contributed by atoms with Crippen molar-refractivity contribution in [2.45, 2.75) is 18.9 Å². The van der Waals surface area contributed by atoms with E-state index in [1.807, 2.05) is 53.4 Å². The molecule has 3 nitrogen and oxygen atoms in total. The van der Waals surface area contributed by atoms with Crippen molar-refractivity contribution in [2.24, 2.45) is 0 Å². The first-order chi connectivity index (χ1) is 11.3. The third-order valence-corrected chi connectivity index (χ3v) is 4.42. The van der Waals surface area contributed by atoms with Crippen LogP contribution < -0.4 is 5.32 Å². The second-order valence-electron chi connectivity index (χ2n) is 5.98. The number of benzene rings is 2. The van der Waals surface area contributed by atoms with Crippen LogP contribution in [0.4, 0.5) is 0 Å². The van der Waals surface area contributed by atoms with Crippen LogP contribution >= 0.6 is 0 Å². The molecule has 0 atom stereocenters. The average Bonchev–Trinajstić information content (AvgIpc) is 3.24. The van der Waals surface area contributed by atoms with Crippen molar-refractivity contribution in [3.8, 4) is 5.69 Å². The van der Waals surface area contributed by atoms with E-state index in [-0.39, 0.29) is 11.9 Å². The van der Waals surface area contributed by atoms with Gasteiger partial charge in [-0.05, 0) is 60.4 Å². The number of rotatable bonds is 3. The fraction of sp³-hybridized carbons (Fsp3) is 0.150. The summed E-state index contributed by atoms with van der Waals surface area (Å²) in [5, 5.41) is 3.15. The highest BCUT2D eigenvalue weighted by Crippen LogP contribution is 2.22. The zero-order valence-electron chi connectivity index (χ0n) is 12.8. The maximum atomic E-state index is 12.4. The molecule has 23 heavy (non-hydrogen) atoms. The summed E-state index contributed by atoms with van der Waals surface area (Å²) in [7, 11) is 0. The van der Waals surface area contributed by atoms with E-state index >= 15 is 0 Å². The zero-order valence-corrected chi connectivity index (χ0v) is 12.8. The van der Waals surface area contributed by atoms with Gasteiger partial charge in [0.25, 0.3) is 5.91 Å². The van der Waals surface area contributed by atoms with Gasteiger partial charge in [0.15, 0.2) is 0 Å². The summed E-state index contributed by atoms with van der Waals surface area (Å²) in [5.74, 6) is 0.00172. The average molecular weight is 302 g/mol. The highest BCUT2D eigenvalue weighted by Gasteiger charge is 2.22. The highest BCUT2D eigenvalue weighted by molar-refractivity contribution is 5.94. The molecule has 3 aromatic rings. The molecule has 1 amide bonds. The molecule has 3 heteroatoms. The molecular formula is C20H18N2O. The summed E-state index contributed by atoms with van der Waals surface area (Å²) in [6.07, 6.45) is 5.82. The van der Waals surface area contributed by atoms with E-state index in [9.17, 15) is 4.79 Å². The molecule has 0 aliphatic heterocycles. The van der Waals surface area contributed by atoms with Crippen molar-refractivity contribution in [2.75, 3.05) is 0 Å². The molecule has 1 heterocycles. The molecule has 0 saturated heterocycles. The standard InChI is InChI=1S/C20H18N2O/c23-20(21-18-13-16-5-1-2-6-17(16)14-18)15-7-9-19(10-8-15)22-11-3-4-12-22/h1-12,18H,13-14H2,(H,21,23). The molecule has 0 unspecified atom stereocenters. The Morgan fingerprint density at radius 1 is 0.870 bits per heavy atom. The summed E-state index contributed by atoms with van der Waals surface area (Å²) in [6.45, 7) is 0. The van der Waals surface area contributed by atoms with Gasteiger partial charge in [0.05, 0.1) is 0 Å². The fourth-order valence-electron chi connectivity index (χ4n) is 3.22. The quantitative estimate of drug-likeness (QED) is 0.791. The van der Waals surface area contributed by atoms with Crippen LogP contribution in [0.2, 0.25) is 0 Å². The van der Waals surface area contributed by atoms with Crippen LogP contribution in [-0.4, -0.2) is 16.5 Å². The monoisotopic (exact) mass is 302 g/mol. The SMILES string of the molecule is O=C(NC1Cc2ccccc2C1)c1ccc(-n2cccc2)cc1. The molecule has 1 aliphatic carbocycles. The molecule has 1 aliphatic rings. The zero-order chi connectivity index (χ0) is 15.6. The summed E-state index contributed by atoms with van der Waals surface area (Å²) >= 11 is 0. The van der Waals surface area contributed by atoms with E-state index in [0.29, 0.717) is 5.56 Å². The molecule has 1 N–H and O–H groups in total. The summed E-state index contributed by atoms with van der Waals surface area (Å²) in [6, 6.07) is 20.3. The molecule has 4 rings (SSSR count). The molecule has 0 spiro atoms. The summed E-state index contributed by atoms with van der Waals surface area (Å²) in [4.78, 5) is 12.4. The van der Waals surface area contributed by atoms with Crippen molar-refractivity contribution in [3.63, 3.8) is 0 Å². The van der Waals surface area contributed by atoms with Crippen LogP contribution in [0.15, 0.2) is 73.1 Å². The molecule has 0 radical (unpaired) electrons. The Balaban J connectivity index is 1.44. The minimum atomic E-state index is 0.00172. The molecule has 0 bridgehead atoms. The number of nitrogens with one attached hydrogen (secondary N) is 1. The lowest BCUT2D eigenvalue weighted by atomic mass is 10.1. The number of amides is 1. The minimum Gasteiger partial charge on any atom is -0.349 e. The Morgan fingerprint density at radius 2 is 1.48 bits per heavy atom. The van der Waals surface area contributed by atoms with Gasteiger partial charge in [-0.1, -0.05) is 24.3 Å². The van der Waals surface area contributed by atoms with Crippen LogP contribution in [0.25, 0.3) is 5.69 Å². The Kier molecular flexibility index (Phi) is 3.46. The number of hydrogen-bond acceptors (Lipinski definition) is 1. The van der Waals surface area contributed by atoms with Gasteiger partial charge in [-0.3, -0.25) is 4.79 Å². The lowest BCUT2D eigenvalue weighted by Gasteiger charge is -2.12. The molecule has 0 fully saturated rings. The van der Waals surface area contributed by atoms with Gasteiger partial charge in [-0.2, -0.15) is 0 Å². The van der Waals surface area contributed by atoms with Gasteiger partial charge in [0.1, 0.15) is 0 Å². The summed E-state index contributed by atoms with van der Waals surface area (Å²) in [5.41, 5.74) is 4.46. The van der Waals surface area contributed by atoms with E-state index in [4.69, 9.17) is 0 Å². The van der Waals surface area contributed by atoms with Crippen LogP contribution in [0.5, 0.6) is 0 Å². The number of nitrogens with zero attached hydrogens (tertiary/aromatic N) is 1. The molecular weight excluding hydrogens is 284 g/mol. The summed E-state index contributed by atoms with van der Waals surface area (Å²) < 4.78 is 2.02. The lowest BCUT2D eigenvalue weighted by Crippen LogP contribution is -2.35. The van der Waals surface area contributed by atoms with Crippen molar-refractivity contribution < 1.29 is 4.79 Å². The Bertz CT molecular complexity index is 794. The lowest BCUT2D eigenvalue weighted by molar-refractivity contribution is 0.0938. The largest absolute Gasteiger partial charge is 0.349 e. The molecule has 114 valence electrons. The van der Waals surface area contributed by atoms with Gasteiger partial charge in [0, 0.05) is 29.7 Å². The third-order valence-electron chi connectivity index (χ3n) is 4.42.